The second kappa shape index (κ2) is 7.67. The molecular formula is C9H17NO3S. The number of hydrogen-bond acceptors (Lipinski definition) is 4. The Balaban J connectivity index is 3.61. The predicted molar refractivity (Wildman–Crippen MR) is 57.0 cm³/mol. The molecule has 82 valence electrons. The van der Waals surface area contributed by atoms with Gasteiger partial charge in [0.05, 0.1) is 6.61 Å². The van der Waals surface area contributed by atoms with Crippen LogP contribution >= 0.6 is 12.6 Å². The lowest BCUT2D eigenvalue weighted by atomic mass is 10.1. The van der Waals surface area contributed by atoms with Crippen molar-refractivity contribution < 1.29 is 14.3 Å². The fraction of sp³-hybridized carbons (Fsp3) is 0.778. The van der Waals surface area contributed by atoms with E-state index in [2.05, 4.69) is 12.6 Å². The number of carbonyl (C=O) groups is 2. The zero-order valence-electron chi connectivity index (χ0n) is 8.36. The Bertz CT molecular complexity index is 196. The third kappa shape index (κ3) is 5.85. The molecule has 0 aromatic rings. The third-order valence-corrected chi connectivity index (χ3v) is 2.25. The van der Waals surface area contributed by atoms with Gasteiger partial charge in [0.15, 0.2) is 0 Å². The molecule has 0 saturated heterocycles. The van der Waals surface area contributed by atoms with Gasteiger partial charge in [-0.05, 0) is 12.8 Å². The van der Waals surface area contributed by atoms with Crippen LogP contribution in [0.5, 0.6) is 0 Å². The Hall–Kier alpha value is -0.710. The second-order valence-electron chi connectivity index (χ2n) is 3.04. The summed E-state index contributed by atoms with van der Waals surface area (Å²) in [4.78, 5) is 21.7. The summed E-state index contributed by atoms with van der Waals surface area (Å²) in [6.07, 6.45) is 1.64. The van der Waals surface area contributed by atoms with Crippen LogP contribution in [0.15, 0.2) is 0 Å². The van der Waals surface area contributed by atoms with Gasteiger partial charge in [-0.2, -0.15) is 12.6 Å². The van der Waals surface area contributed by atoms with E-state index in [1.165, 1.54) is 0 Å². The Labute approximate surface area is 89.6 Å². The second-order valence-corrected chi connectivity index (χ2v) is 3.41. The van der Waals surface area contributed by atoms with Crippen molar-refractivity contribution in [2.45, 2.75) is 26.2 Å². The normalized spacial score (nSPS) is 12.1. The lowest BCUT2D eigenvalue weighted by Crippen LogP contribution is -2.26. The molecule has 0 saturated carbocycles. The standard InChI is InChI=1S/C9H17NO3S/c1-2-3-8(11)13-5-4-7(6-14)9(10)12/h7,14H,2-6H2,1H3,(H2,10,12). The summed E-state index contributed by atoms with van der Waals surface area (Å²) in [5.74, 6) is -0.546. The average molecular weight is 219 g/mol. The van der Waals surface area contributed by atoms with E-state index in [9.17, 15) is 9.59 Å². The average Bonchev–Trinajstić information content (AvgIpc) is 2.12. The molecule has 0 aromatic carbocycles. The number of amides is 1. The van der Waals surface area contributed by atoms with Crippen LogP contribution in [0.3, 0.4) is 0 Å². The molecule has 1 atom stereocenters. The van der Waals surface area contributed by atoms with E-state index in [-0.39, 0.29) is 18.5 Å². The zero-order chi connectivity index (χ0) is 11.0. The Kier molecular flexibility index (Phi) is 7.28. The number of ether oxygens (including phenoxy) is 1. The van der Waals surface area contributed by atoms with Crippen molar-refractivity contribution >= 4 is 24.5 Å². The first-order valence-corrected chi connectivity index (χ1v) is 5.30. The van der Waals surface area contributed by atoms with Crippen LogP contribution in [0.2, 0.25) is 0 Å². The van der Waals surface area contributed by atoms with Gasteiger partial charge in [-0.1, -0.05) is 6.92 Å². The van der Waals surface area contributed by atoms with E-state index in [4.69, 9.17) is 10.5 Å². The smallest absolute Gasteiger partial charge is 0.305 e. The number of carbonyl (C=O) groups excluding carboxylic acids is 2. The van der Waals surface area contributed by atoms with Gasteiger partial charge < -0.3 is 10.5 Å². The maximum atomic E-state index is 10.9. The Morgan fingerprint density at radius 1 is 1.50 bits per heavy atom. The molecule has 0 heterocycles. The van der Waals surface area contributed by atoms with Crippen molar-refractivity contribution in [2.24, 2.45) is 11.7 Å². The van der Waals surface area contributed by atoms with Gasteiger partial charge in [-0.15, -0.1) is 0 Å². The summed E-state index contributed by atoms with van der Waals surface area (Å²) in [5, 5.41) is 0. The van der Waals surface area contributed by atoms with Gasteiger partial charge in [0.1, 0.15) is 0 Å². The Morgan fingerprint density at radius 2 is 2.14 bits per heavy atom. The fourth-order valence-electron chi connectivity index (χ4n) is 0.915. The number of hydrogen-bond donors (Lipinski definition) is 2. The van der Waals surface area contributed by atoms with Crippen molar-refractivity contribution in [3.05, 3.63) is 0 Å². The van der Waals surface area contributed by atoms with Gasteiger partial charge in [0.2, 0.25) is 5.91 Å². The molecule has 2 N–H and O–H groups in total. The largest absolute Gasteiger partial charge is 0.466 e. The molecule has 0 aliphatic heterocycles. The molecule has 0 fully saturated rings. The van der Waals surface area contributed by atoms with Crippen molar-refractivity contribution in [3.63, 3.8) is 0 Å². The van der Waals surface area contributed by atoms with Gasteiger partial charge in [0.25, 0.3) is 0 Å². The maximum absolute atomic E-state index is 10.9. The van der Waals surface area contributed by atoms with Gasteiger partial charge >= 0.3 is 5.97 Å². The van der Waals surface area contributed by atoms with Crippen LogP contribution in [-0.2, 0) is 14.3 Å². The highest BCUT2D eigenvalue weighted by molar-refractivity contribution is 7.80. The fourth-order valence-corrected chi connectivity index (χ4v) is 1.28. The molecule has 14 heavy (non-hydrogen) atoms. The molecule has 1 unspecified atom stereocenters. The van der Waals surface area contributed by atoms with E-state index in [1.54, 1.807) is 0 Å². The molecule has 0 rings (SSSR count). The van der Waals surface area contributed by atoms with Gasteiger partial charge in [-0.25, -0.2) is 0 Å². The molecule has 0 radical (unpaired) electrons. The van der Waals surface area contributed by atoms with E-state index < -0.39 is 5.91 Å². The predicted octanol–water partition coefficient (Wildman–Crippen LogP) is 0.751. The van der Waals surface area contributed by atoms with E-state index in [1.807, 2.05) is 6.92 Å². The molecule has 1 amide bonds. The lowest BCUT2D eigenvalue weighted by Gasteiger charge is -2.10. The SMILES string of the molecule is CCCC(=O)OCCC(CS)C(N)=O. The van der Waals surface area contributed by atoms with Crippen LogP contribution in [0.4, 0.5) is 0 Å². The van der Waals surface area contributed by atoms with Crippen LogP contribution < -0.4 is 5.73 Å². The summed E-state index contributed by atoms with van der Waals surface area (Å²) < 4.78 is 4.88. The van der Waals surface area contributed by atoms with Crippen molar-refractivity contribution in [3.8, 4) is 0 Å². The molecule has 5 heteroatoms. The van der Waals surface area contributed by atoms with E-state index in [0.717, 1.165) is 6.42 Å². The van der Waals surface area contributed by atoms with Crippen molar-refractivity contribution in [1.29, 1.82) is 0 Å². The lowest BCUT2D eigenvalue weighted by molar-refractivity contribution is -0.144. The highest BCUT2D eigenvalue weighted by Crippen LogP contribution is 2.05. The number of thiol groups is 1. The van der Waals surface area contributed by atoms with Crippen molar-refractivity contribution in [2.75, 3.05) is 12.4 Å². The summed E-state index contributed by atoms with van der Waals surface area (Å²) in [6, 6.07) is 0. The molecule has 0 aliphatic carbocycles. The zero-order valence-corrected chi connectivity index (χ0v) is 9.26. The Morgan fingerprint density at radius 3 is 2.57 bits per heavy atom. The van der Waals surface area contributed by atoms with Crippen LogP contribution in [-0.4, -0.2) is 24.2 Å². The first-order chi connectivity index (χ1) is 6.61. The molecule has 4 nitrogen and oxygen atoms in total. The van der Waals surface area contributed by atoms with E-state index >= 15 is 0 Å². The van der Waals surface area contributed by atoms with E-state index in [0.29, 0.717) is 18.6 Å². The summed E-state index contributed by atoms with van der Waals surface area (Å²) in [6.45, 7) is 2.15. The van der Waals surface area contributed by atoms with Crippen LogP contribution in [0.25, 0.3) is 0 Å². The minimum absolute atomic E-state index is 0.227. The molecular weight excluding hydrogens is 202 g/mol. The number of primary amides is 1. The quantitative estimate of drug-likeness (QED) is 0.490. The minimum Gasteiger partial charge on any atom is -0.466 e. The van der Waals surface area contributed by atoms with Gasteiger partial charge in [0, 0.05) is 18.1 Å². The minimum atomic E-state index is -0.397. The topological polar surface area (TPSA) is 69.4 Å². The van der Waals surface area contributed by atoms with Gasteiger partial charge in [-0.3, -0.25) is 9.59 Å². The summed E-state index contributed by atoms with van der Waals surface area (Å²) in [7, 11) is 0. The summed E-state index contributed by atoms with van der Waals surface area (Å²) in [5.41, 5.74) is 5.09. The first kappa shape index (κ1) is 13.3. The maximum Gasteiger partial charge on any atom is 0.305 e. The third-order valence-electron chi connectivity index (χ3n) is 1.81. The van der Waals surface area contributed by atoms with Crippen LogP contribution in [0, 0.1) is 5.92 Å². The number of nitrogens with two attached hydrogens (primary N) is 1. The highest BCUT2D eigenvalue weighted by atomic mass is 32.1. The monoisotopic (exact) mass is 219 g/mol. The number of esters is 1. The summed E-state index contributed by atoms with van der Waals surface area (Å²) >= 11 is 3.98. The molecule has 0 spiro atoms. The molecule has 0 aliphatic rings. The number of rotatable bonds is 7. The highest BCUT2D eigenvalue weighted by Gasteiger charge is 2.13. The van der Waals surface area contributed by atoms with Crippen LogP contribution in [0.1, 0.15) is 26.2 Å². The van der Waals surface area contributed by atoms with Crippen molar-refractivity contribution in [1.82, 2.24) is 0 Å². The first-order valence-electron chi connectivity index (χ1n) is 4.67. The molecule has 0 aromatic heterocycles. The molecule has 0 bridgehead atoms.